The summed E-state index contributed by atoms with van der Waals surface area (Å²) in [5.74, 6) is -0.0498. The number of aromatic hydroxyl groups is 1. The summed E-state index contributed by atoms with van der Waals surface area (Å²) in [6, 6.07) is 4.26. The molecule has 1 N–H and O–H groups in total. The summed E-state index contributed by atoms with van der Waals surface area (Å²) in [5.41, 5.74) is -0.0426. The summed E-state index contributed by atoms with van der Waals surface area (Å²) in [7, 11) is 0. The monoisotopic (exact) mass is 190 g/mol. The molecule has 0 spiro atoms. The Bertz CT molecular complexity index is 510. The van der Waals surface area contributed by atoms with Crippen molar-refractivity contribution in [3.63, 3.8) is 0 Å². The normalized spacial score (nSPS) is 10.3. The number of benzene rings is 1. The lowest BCUT2D eigenvalue weighted by molar-refractivity contribution is -0.384. The Morgan fingerprint density at radius 3 is 2.86 bits per heavy atom. The number of nitrogens with zero attached hydrogens (tertiary/aromatic N) is 2. The van der Waals surface area contributed by atoms with Crippen molar-refractivity contribution in [1.82, 2.24) is 4.98 Å². The van der Waals surface area contributed by atoms with Gasteiger partial charge in [-0.3, -0.25) is 15.1 Å². The summed E-state index contributed by atoms with van der Waals surface area (Å²) >= 11 is 0. The van der Waals surface area contributed by atoms with E-state index in [-0.39, 0.29) is 11.4 Å². The van der Waals surface area contributed by atoms with E-state index >= 15 is 0 Å². The molecule has 0 bridgehead atoms. The fourth-order valence-electron chi connectivity index (χ4n) is 1.25. The Morgan fingerprint density at radius 1 is 1.36 bits per heavy atom. The third-order valence-electron chi connectivity index (χ3n) is 1.93. The van der Waals surface area contributed by atoms with E-state index in [0.717, 1.165) is 0 Å². The molecule has 0 aliphatic rings. The number of hydrogen-bond acceptors (Lipinski definition) is 4. The van der Waals surface area contributed by atoms with Crippen LogP contribution in [0.3, 0.4) is 0 Å². The molecule has 0 radical (unpaired) electrons. The highest BCUT2D eigenvalue weighted by molar-refractivity contribution is 5.88. The van der Waals surface area contributed by atoms with Crippen LogP contribution >= 0.6 is 0 Å². The SMILES string of the molecule is O=[N+]([O-])c1ccc2cncc(O)c2c1. The van der Waals surface area contributed by atoms with Gasteiger partial charge in [-0.1, -0.05) is 0 Å². The first-order valence-corrected chi connectivity index (χ1v) is 3.89. The van der Waals surface area contributed by atoms with Crippen LogP contribution in [0.2, 0.25) is 0 Å². The van der Waals surface area contributed by atoms with E-state index in [1.807, 2.05) is 0 Å². The van der Waals surface area contributed by atoms with Crippen molar-refractivity contribution in [2.75, 3.05) is 0 Å². The minimum absolute atomic E-state index is 0.0426. The van der Waals surface area contributed by atoms with Gasteiger partial charge >= 0.3 is 0 Å². The minimum Gasteiger partial charge on any atom is -0.506 e. The van der Waals surface area contributed by atoms with Gasteiger partial charge in [0.1, 0.15) is 5.75 Å². The summed E-state index contributed by atoms with van der Waals surface area (Å²) in [4.78, 5) is 13.7. The molecule has 14 heavy (non-hydrogen) atoms. The Hall–Kier alpha value is -2.17. The molecule has 5 heteroatoms. The molecule has 0 aliphatic carbocycles. The zero-order valence-electron chi connectivity index (χ0n) is 7.04. The van der Waals surface area contributed by atoms with Gasteiger partial charge in [0.15, 0.2) is 0 Å². The first kappa shape index (κ1) is 8.43. The van der Waals surface area contributed by atoms with Gasteiger partial charge in [0, 0.05) is 29.1 Å². The predicted molar refractivity (Wildman–Crippen MR) is 50.1 cm³/mol. The van der Waals surface area contributed by atoms with Crippen molar-refractivity contribution in [1.29, 1.82) is 0 Å². The third kappa shape index (κ3) is 1.24. The maximum Gasteiger partial charge on any atom is 0.270 e. The smallest absolute Gasteiger partial charge is 0.270 e. The molecule has 0 saturated carbocycles. The molecule has 0 fully saturated rings. The van der Waals surface area contributed by atoms with Crippen LogP contribution in [-0.2, 0) is 0 Å². The molecule has 0 unspecified atom stereocenters. The van der Waals surface area contributed by atoms with Crippen molar-refractivity contribution in [2.45, 2.75) is 0 Å². The Labute approximate surface area is 78.8 Å². The molecule has 70 valence electrons. The van der Waals surface area contributed by atoms with Crippen molar-refractivity contribution in [3.8, 4) is 5.75 Å². The molecular weight excluding hydrogens is 184 g/mol. The first-order chi connectivity index (χ1) is 6.68. The van der Waals surface area contributed by atoms with Gasteiger partial charge < -0.3 is 5.11 Å². The fourth-order valence-corrected chi connectivity index (χ4v) is 1.25. The number of rotatable bonds is 1. The minimum atomic E-state index is -0.501. The molecule has 1 aromatic carbocycles. The Balaban J connectivity index is 2.76. The molecule has 5 nitrogen and oxygen atoms in total. The summed E-state index contributed by atoms with van der Waals surface area (Å²) in [5, 5.41) is 21.0. The number of aromatic nitrogens is 1. The van der Waals surface area contributed by atoms with Crippen molar-refractivity contribution in [2.24, 2.45) is 0 Å². The molecule has 2 rings (SSSR count). The zero-order valence-corrected chi connectivity index (χ0v) is 7.04. The summed E-state index contributed by atoms with van der Waals surface area (Å²) < 4.78 is 0. The maximum absolute atomic E-state index is 10.5. The maximum atomic E-state index is 10.5. The molecule has 0 aliphatic heterocycles. The molecule has 0 amide bonds. The fraction of sp³-hybridized carbons (Fsp3) is 0. The number of nitro groups is 1. The molecule has 1 aromatic heterocycles. The number of fused-ring (bicyclic) bond motifs is 1. The number of nitro benzene ring substituents is 1. The average Bonchev–Trinajstić information content (AvgIpc) is 2.18. The second-order valence-corrected chi connectivity index (χ2v) is 2.82. The van der Waals surface area contributed by atoms with Gasteiger partial charge in [0.05, 0.1) is 11.1 Å². The van der Waals surface area contributed by atoms with E-state index < -0.39 is 4.92 Å². The summed E-state index contributed by atoms with van der Waals surface area (Å²) in [6.07, 6.45) is 2.80. The lowest BCUT2D eigenvalue weighted by Gasteiger charge is -1.98. The van der Waals surface area contributed by atoms with E-state index in [0.29, 0.717) is 10.8 Å². The van der Waals surface area contributed by atoms with Crippen LogP contribution in [-0.4, -0.2) is 15.0 Å². The van der Waals surface area contributed by atoms with Crippen molar-refractivity contribution in [3.05, 3.63) is 40.7 Å². The Morgan fingerprint density at radius 2 is 2.14 bits per heavy atom. The highest BCUT2D eigenvalue weighted by atomic mass is 16.6. The van der Waals surface area contributed by atoms with Crippen LogP contribution in [0, 0.1) is 10.1 Å². The average molecular weight is 190 g/mol. The zero-order chi connectivity index (χ0) is 10.1. The largest absolute Gasteiger partial charge is 0.506 e. The van der Waals surface area contributed by atoms with E-state index in [1.54, 1.807) is 12.3 Å². The molecule has 2 aromatic rings. The molecule has 0 saturated heterocycles. The highest BCUT2D eigenvalue weighted by Gasteiger charge is 2.08. The molecule has 0 atom stereocenters. The van der Waals surface area contributed by atoms with E-state index in [9.17, 15) is 15.2 Å². The van der Waals surface area contributed by atoms with Gasteiger partial charge in [0.2, 0.25) is 0 Å². The van der Waals surface area contributed by atoms with Gasteiger partial charge in [0.25, 0.3) is 5.69 Å². The lowest BCUT2D eigenvalue weighted by atomic mass is 10.1. The quantitative estimate of drug-likeness (QED) is 0.549. The van der Waals surface area contributed by atoms with Gasteiger partial charge in [-0.15, -0.1) is 0 Å². The first-order valence-electron chi connectivity index (χ1n) is 3.89. The van der Waals surface area contributed by atoms with Gasteiger partial charge in [-0.25, -0.2) is 0 Å². The molecule has 1 heterocycles. The predicted octanol–water partition coefficient (Wildman–Crippen LogP) is 1.85. The van der Waals surface area contributed by atoms with Crippen LogP contribution < -0.4 is 0 Å². The topological polar surface area (TPSA) is 76.3 Å². The van der Waals surface area contributed by atoms with E-state index in [4.69, 9.17) is 0 Å². The second kappa shape index (κ2) is 2.95. The van der Waals surface area contributed by atoms with Gasteiger partial charge in [-0.2, -0.15) is 0 Å². The molecular formula is C9H6N2O3. The van der Waals surface area contributed by atoms with Crippen molar-refractivity contribution < 1.29 is 10.0 Å². The van der Waals surface area contributed by atoms with Crippen LogP contribution in [0.1, 0.15) is 0 Å². The lowest BCUT2D eigenvalue weighted by Crippen LogP contribution is -1.87. The van der Waals surface area contributed by atoms with Crippen LogP contribution in [0.25, 0.3) is 10.8 Å². The number of pyridine rings is 1. The third-order valence-corrected chi connectivity index (χ3v) is 1.93. The van der Waals surface area contributed by atoms with Crippen molar-refractivity contribution >= 4 is 16.5 Å². The number of hydrogen-bond donors (Lipinski definition) is 1. The van der Waals surface area contributed by atoms with E-state index in [1.165, 1.54) is 18.3 Å². The van der Waals surface area contributed by atoms with Crippen LogP contribution in [0.4, 0.5) is 5.69 Å². The summed E-state index contributed by atoms with van der Waals surface area (Å²) in [6.45, 7) is 0. The van der Waals surface area contributed by atoms with Gasteiger partial charge in [-0.05, 0) is 6.07 Å². The van der Waals surface area contributed by atoms with E-state index in [2.05, 4.69) is 4.98 Å². The highest BCUT2D eigenvalue weighted by Crippen LogP contribution is 2.26. The Kier molecular flexibility index (Phi) is 1.78. The van der Waals surface area contributed by atoms with Crippen LogP contribution in [0.5, 0.6) is 5.75 Å². The standard InChI is InChI=1S/C9H6N2O3/c12-9-5-10-4-6-1-2-7(11(13)14)3-8(6)9/h1-5,12H. The number of non-ortho nitro benzene ring substituents is 1. The van der Waals surface area contributed by atoms with Crippen LogP contribution in [0.15, 0.2) is 30.6 Å². The second-order valence-electron chi connectivity index (χ2n) is 2.82.